The quantitative estimate of drug-likeness (QED) is 0.278. The molecule has 0 unspecified atom stereocenters. The van der Waals surface area contributed by atoms with E-state index in [0.717, 1.165) is 0 Å². The highest BCUT2D eigenvalue weighted by atomic mass is 16.6. The SMILES string of the molecule is C=C[C@@H]1C[C@]1(NC(=O)[C@@H]1C[C@@H](OC(=O)c2ccc([N+](=O)[O-])cc2)CN1)C(=O)OCC. The van der Waals surface area contributed by atoms with Gasteiger partial charge in [-0.05, 0) is 25.5 Å². The minimum atomic E-state index is -1.08. The molecule has 1 saturated carbocycles. The van der Waals surface area contributed by atoms with Crippen LogP contribution in [0.15, 0.2) is 36.9 Å². The van der Waals surface area contributed by atoms with Crippen molar-refractivity contribution in [3.63, 3.8) is 0 Å². The molecule has 0 bridgehead atoms. The molecule has 1 heterocycles. The largest absolute Gasteiger partial charge is 0.464 e. The van der Waals surface area contributed by atoms with E-state index in [1.807, 2.05) is 0 Å². The van der Waals surface area contributed by atoms with Gasteiger partial charge in [0.25, 0.3) is 5.69 Å². The molecule has 4 atom stereocenters. The molecule has 30 heavy (non-hydrogen) atoms. The van der Waals surface area contributed by atoms with E-state index in [1.165, 1.54) is 24.3 Å². The second-order valence-electron chi connectivity index (χ2n) is 7.26. The van der Waals surface area contributed by atoms with Crippen LogP contribution in [0.25, 0.3) is 0 Å². The maximum Gasteiger partial charge on any atom is 0.338 e. The Labute approximate surface area is 172 Å². The third-order valence-electron chi connectivity index (χ3n) is 5.28. The summed E-state index contributed by atoms with van der Waals surface area (Å²) >= 11 is 0. The van der Waals surface area contributed by atoms with E-state index in [4.69, 9.17) is 9.47 Å². The predicted molar refractivity (Wildman–Crippen MR) is 105 cm³/mol. The summed E-state index contributed by atoms with van der Waals surface area (Å²) in [6.45, 7) is 5.86. The smallest absolute Gasteiger partial charge is 0.338 e. The number of non-ortho nitro benzene ring substituents is 1. The fourth-order valence-electron chi connectivity index (χ4n) is 3.50. The van der Waals surface area contributed by atoms with E-state index in [0.29, 0.717) is 6.42 Å². The number of nitrogens with one attached hydrogen (secondary N) is 2. The predicted octanol–water partition coefficient (Wildman–Crippen LogP) is 1.11. The van der Waals surface area contributed by atoms with Crippen LogP contribution < -0.4 is 10.6 Å². The van der Waals surface area contributed by atoms with Gasteiger partial charge in [-0.3, -0.25) is 14.9 Å². The average Bonchev–Trinajstić information content (AvgIpc) is 3.25. The number of nitro groups is 1. The van der Waals surface area contributed by atoms with Crippen LogP contribution in [0, 0.1) is 16.0 Å². The Balaban J connectivity index is 1.55. The first-order valence-corrected chi connectivity index (χ1v) is 9.61. The fourth-order valence-corrected chi connectivity index (χ4v) is 3.50. The number of hydrogen-bond donors (Lipinski definition) is 2. The summed E-state index contributed by atoms with van der Waals surface area (Å²) in [6, 6.07) is 4.45. The molecule has 0 spiro atoms. The van der Waals surface area contributed by atoms with Gasteiger partial charge in [0.2, 0.25) is 5.91 Å². The number of nitro benzene ring substituents is 1. The second-order valence-corrected chi connectivity index (χ2v) is 7.26. The lowest BCUT2D eigenvalue weighted by atomic mass is 10.1. The second kappa shape index (κ2) is 8.62. The van der Waals surface area contributed by atoms with Crippen LogP contribution in [0.4, 0.5) is 5.69 Å². The number of esters is 2. The standard InChI is InChI=1S/C20H23N3O7/c1-3-13-10-20(13,19(26)29-4-2)22-17(24)16-9-15(11-21-16)30-18(25)12-5-7-14(8-6-12)23(27)28/h3,5-8,13,15-16,21H,1,4,9-11H2,2H3,(H,22,24)/t13-,15-,16+,20-/m1/s1. The number of benzene rings is 1. The minimum Gasteiger partial charge on any atom is -0.464 e. The van der Waals surface area contributed by atoms with Crippen molar-refractivity contribution in [1.29, 1.82) is 0 Å². The molecule has 1 aromatic rings. The van der Waals surface area contributed by atoms with Gasteiger partial charge < -0.3 is 20.1 Å². The molecule has 0 aromatic heterocycles. The lowest BCUT2D eigenvalue weighted by Gasteiger charge is -2.20. The zero-order valence-electron chi connectivity index (χ0n) is 16.5. The van der Waals surface area contributed by atoms with Crippen molar-refractivity contribution in [1.82, 2.24) is 10.6 Å². The fraction of sp³-hybridized carbons (Fsp3) is 0.450. The van der Waals surface area contributed by atoms with Gasteiger partial charge in [-0.25, -0.2) is 9.59 Å². The molecule has 2 aliphatic rings. The van der Waals surface area contributed by atoms with Crippen molar-refractivity contribution >= 4 is 23.5 Å². The molecule has 1 aromatic carbocycles. The molecule has 3 rings (SSSR count). The van der Waals surface area contributed by atoms with Gasteiger partial charge in [0.1, 0.15) is 11.6 Å². The first-order valence-electron chi connectivity index (χ1n) is 9.61. The summed E-state index contributed by atoms with van der Waals surface area (Å²) in [5, 5.41) is 16.4. The zero-order valence-corrected chi connectivity index (χ0v) is 16.5. The Morgan fingerprint density at radius 3 is 2.63 bits per heavy atom. The maximum atomic E-state index is 12.7. The normalized spacial score (nSPS) is 27.0. The van der Waals surface area contributed by atoms with Crippen LogP contribution in [0.5, 0.6) is 0 Å². The Kier molecular flexibility index (Phi) is 6.16. The molecule has 10 nitrogen and oxygen atoms in total. The average molecular weight is 417 g/mol. The molecule has 2 fully saturated rings. The molecule has 1 aliphatic carbocycles. The number of ether oxygens (including phenoxy) is 2. The van der Waals surface area contributed by atoms with Gasteiger partial charge in [0.15, 0.2) is 0 Å². The number of rotatable bonds is 8. The lowest BCUT2D eigenvalue weighted by molar-refractivity contribution is -0.384. The van der Waals surface area contributed by atoms with Crippen molar-refractivity contribution in [3.05, 3.63) is 52.6 Å². The van der Waals surface area contributed by atoms with Gasteiger partial charge >= 0.3 is 11.9 Å². The number of carbonyl (C=O) groups excluding carboxylic acids is 3. The third-order valence-corrected chi connectivity index (χ3v) is 5.28. The van der Waals surface area contributed by atoms with Gasteiger partial charge in [0, 0.05) is 31.0 Å². The Hall–Kier alpha value is -3.27. The van der Waals surface area contributed by atoms with E-state index in [1.54, 1.807) is 13.0 Å². The van der Waals surface area contributed by atoms with E-state index >= 15 is 0 Å². The van der Waals surface area contributed by atoms with Gasteiger partial charge in [-0.1, -0.05) is 6.08 Å². The summed E-state index contributed by atoms with van der Waals surface area (Å²) in [4.78, 5) is 47.3. The third kappa shape index (κ3) is 4.33. The van der Waals surface area contributed by atoms with Gasteiger partial charge in [-0.2, -0.15) is 0 Å². The van der Waals surface area contributed by atoms with Crippen molar-refractivity contribution in [3.8, 4) is 0 Å². The van der Waals surface area contributed by atoms with Gasteiger partial charge in [0.05, 0.1) is 23.1 Å². The Morgan fingerprint density at radius 1 is 1.37 bits per heavy atom. The number of nitrogens with zero attached hydrogens (tertiary/aromatic N) is 1. The number of amides is 1. The van der Waals surface area contributed by atoms with Crippen LogP contribution in [-0.4, -0.2) is 53.6 Å². The summed E-state index contributed by atoms with van der Waals surface area (Å²) in [7, 11) is 0. The number of carbonyl (C=O) groups is 3. The summed E-state index contributed by atoms with van der Waals surface area (Å²) in [6.07, 6.45) is 1.75. The van der Waals surface area contributed by atoms with Gasteiger partial charge in [-0.15, -0.1) is 6.58 Å². The molecule has 1 saturated heterocycles. The van der Waals surface area contributed by atoms with Crippen LogP contribution in [-0.2, 0) is 19.1 Å². The highest BCUT2D eigenvalue weighted by molar-refractivity contribution is 5.94. The molecule has 10 heteroatoms. The molecule has 1 aliphatic heterocycles. The molecule has 0 radical (unpaired) electrons. The highest BCUT2D eigenvalue weighted by Crippen LogP contribution is 2.45. The first-order chi connectivity index (χ1) is 14.3. The van der Waals surface area contributed by atoms with Crippen LogP contribution in [0.2, 0.25) is 0 Å². The molecule has 160 valence electrons. The molecular weight excluding hydrogens is 394 g/mol. The van der Waals surface area contributed by atoms with Crippen LogP contribution in [0.1, 0.15) is 30.1 Å². The Bertz CT molecular complexity index is 870. The summed E-state index contributed by atoms with van der Waals surface area (Å²) in [5.41, 5.74) is -1.02. The number of hydrogen-bond acceptors (Lipinski definition) is 8. The summed E-state index contributed by atoms with van der Waals surface area (Å²) < 4.78 is 10.5. The molecular formula is C20H23N3O7. The van der Waals surface area contributed by atoms with Crippen molar-refractivity contribution in [2.24, 2.45) is 5.92 Å². The monoisotopic (exact) mass is 417 g/mol. The lowest BCUT2D eigenvalue weighted by Crippen LogP contribution is -2.51. The van der Waals surface area contributed by atoms with E-state index in [9.17, 15) is 24.5 Å². The molecule has 2 N–H and O–H groups in total. The summed E-state index contributed by atoms with van der Waals surface area (Å²) in [5.74, 6) is -1.67. The van der Waals surface area contributed by atoms with E-state index in [-0.39, 0.29) is 42.6 Å². The Morgan fingerprint density at radius 2 is 2.07 bits per heavy atom. The van der Waals surface area contributed by atoms with E-state index < -0.39 is 34.5 Å². The molecule has 1 amide bonds. The minimum absolute atomic E-state index is 0.126. The van der Waals surface area contributed by atoms with Crippen molar-refractivity contribution in [2.45, 2.75) is 37.5 Å². The topological polar surface area (TPSA) is 137 Å². The van der Waals surface area contributed by atoms with Crippen LogP contribution in [0.3, 0.4) is 0 Å². The first kappa shape index (κ1) is 21.4. The van der Waals surface area contributed by atoms with Crippen molar-refractivity contribution in [2.75, 3.05) is 13.2 Å². The van der Waals surface area contributed by atoms with E-state index in [2.05, 4.69) is 17.2 Å². The highest BCUT2D eigenvalue weighted by Gasteiger charge is 2.61. The van der Waals surface area contributed by atoms with Crippen LogP contribution >= 0.6 is 0 Å². The zero-order chi connectivity index (χ0) is 21.9. The maximum absolute atomic E-state index is 12.7. The van der Waals surface area contributed by atoms with Crippen molar-refractivity contribution < 1.29 is 28.8 Å².